The lowest BCUT2D eigenvalue weighted by Gasteiger charge is -2.25. The van der Waals surface area contributed by atoms with Gasteiger partial charge in [0.15, 0.2) is 15.4 Å². The normalized spacial score (nSPS) is 24.9. The first-order valence-electron chi connectivity index (χ1n) is 5.73. The van der Waals surface area contributed by atoms with Gasteiger partial charge in [0.1, 0.15) is 5.75 Å². The van der Waals surface area contributed by atoms with E-state index in [-0.39, 0.29) is 17.9 Å². The van der Waals surface area contributed by atoms with Gasteiger partial charge < -0.3 is 15.2 Å². The number of aliphatic carboxylic acids is 1. The van der Waals surface area contributed by atoms with Crippen LogP contribution in [0.4, 0.5) is 5.69 Å². The van der Waals surface area contributed by atoms with E-state index in [9.17, 15) is 18.3 Å². The zero-order chi connectivity index (χ0) is 14.1. The largest absolute Gasteiger partial charge is 0.497 e. The summed E-state index contributed by atoms with van der Waals surface area (Å²) < 4.78 is 28.0. The van der Waals surface area contributed by atoms with Crippen molar-refractivity contribution in [3.05, 3.63) is 24.3 Å². The van der Waals surface area contributed by atoms with Crippen LogP contribution < -0.4 is 10.1 Å². The second-order valence-corrected chi connectivity index (χ2v) is 6.77. The molecule has 1 aromatic rings. The highest BCUT2D eigenvalue weighted by molar-refractivity contribution is 7.91. The lowest BCUT2D eigenvalue weighted by atomic mass is 9.99. The van der Waals surface area contributed by atoms with E-state index in [1.807, 2.05) is 0 Å². The standard InChI is InChI=1S/C12H15NO5S/c1-18-10-4-2-9(3-5-10)13-12(11(14)15)6-7-19(16,17)8-12/h2-5,13H,6-8H2,1H3,(H,14,15). The zero-order valence-electron chi connectivity index (χ0n) is 10.4. The van der Waals surface area contributed by atoms with Crippen molar-refractivity contribution in [2.75, 3.05) is 23.9 Å². The molecule has 0 spiro atoms. The first-order valence-corrected chi connectivity index (χ1v) is 7.55. The maximum Gasteiger partial charge on any atom is 0.330 e. The predicted octanol–water partition coefficient (Wildman–Crippen LogP) is 0.749. The summed E-state index contributed by atoms with van der Waals surface area (Å²) in [4.78, 5) is 11.4. The molecular weight excluding hydrogens is 270 g/mol. The van der Waals surface area contributed by atoms with Gasteiger partial charge in [-0.15, -0.1) is 0 Å². The van der Waals surface area contributed by atoms with E-state index >= 15 is 0 Å². The summed E-state index contributed by atoms with van der Waals surface area (Å²) in [6.45, 7) is 0. The Kier molecular flexibility index (Phi) is 3.40. The molecule has 1 atom stereocenters. The summed E-state index contributed by atoms with van der Waals surface area (Å²) in [6.07, 6.45) is 0.0662. The molecule has 6 nitrogen and oxygen atoms in total. The van der Waals surface area contributed by atoms with E-state index in [1.54, 1.807) is 24.3 Å². The molecule has 19 heavy (non-hydrogen) atoms. The summed E-state index contributed by atoms with van der Waals surface area (Å²) in [5, 5.41) is 12.1. The number of methoxy groups -OCH3 is 1. The van der Waals surface area contributed by atoms with Gasteiger partial charge in [-0.1, -0.05) is 0 Å². The van der Waals surface area contributed by atoms with Crippen molar-refractivity contribution in [1.82, 2.24) is 0 Å². The number of nitrogens with one attached hydrogen (secondary N) is 1. The molecule has 1 aliphatic heterocycles. The molecule has 1 fully saturated rings. The highest BCUT2D eigenvalue weighted by Gasteiger charge is 2.48. The lowest BCUT2D eigenvalue weighted by Crippen LogP contribution is -2.47. The maximum atomic E-state index is 11.5. The van der Waals surface area contributed by atoms with Crippen LogP contribution >= 0.6 is 0 Å². The van der Waals surface area contributed by atoms with Crippen molar-refractivity contribution in [2.24, 2.45) is 0 Å². The van der Waals surface area contributed by atoms with Crippen LogP contribution in [0.1, 0.15) is 6.42 Å². The Bertz CT molecular complexity index is 581. The van der Waals surface area contributed by atoms with E-state index in [2.05, 4.69) is 5.32 Å². The third kappa shape index (κ3) is 2.81. The fourth-order valence-corrected chi connectivity index (χ4v) is 4.02. The number of ether oxygens (including phenoxy) is 1. The van der Waals surface area contributed by atoms with Gasteiger partial charge in [-0.25, -0.2) is 13.2 Å². The van der Waals surface area contributed by atoms with Crippen molar-refractivity contribution >= 4 is 21.5 Å². The molecular formula is C12H15NO5S. The van der Waals surface area contributed by atoms with Crippen LogP contribution in [-0.4, -0.2) is 43.6 Å². The number of hydrogen-bond acceptors (Lipinski definition) is 5. The maximum absolute atomic E-state index is 11.5. The molecule has 7 heteroatoms. The molecule has 1 unspecified atom stereocenters. The van der Waals surface area contributed by atoms with Gasteiger partial charge in [0, 0.05) is 5.69 Å². The van der Waals surface area contributed by atoms with E-state index < -0.39 is 21.3 Å². The first kappa shape index (κ1) is 13.7. The Labute approximate surface area is 111 Å². The van der Waals surface area contributed by atoms with Gasteiger partial charge in [0.25, 0.3) is 0 Å². The highest BCUT2D eigenvalue weighted by atomic mass is 32.2. The van der Waals surface area contributed by atoms with Crippen LogP contribution in [-0.2, 0) is 14.6 Å². The van der Waals surface area contributed by atoms with Gasteiger partial charge in [0.05, 0.1) is 18.6 Å². The van der Waals surface area contributed by atoms with Crippen molar-refractivity contribution < 1.29 is 23.1 Å². The average Bonchev–Trinajstić information content (AvgIpc) is 2.67. The number of carboxylic acids is 1. The van der Waals surface area contributed by atoms with Gasteiger partial charge in [0.2, 0.25) is 0 Å². The second-order valence-electron chi connectivity index (χ2n) is 4.58. The number of hydrogen-bond donors (Lipinski definition) is 2. The molecule has 0 saturated carbocycles. The third-order valence-electron chi connectivity index (χ3n) is 3.19. The monoisotopic (exact) mass is 285 g/mol. The number of benzene rings is 1. The molecule has 2 N–H and O–H groups in total. The van der Waals surface area contributed by atoms with Gasteiger partial charge >= 0.3 is 5.97 Å². The Morgan fingerprint density at radius 1 is 1.37 bits per heavy atom. The summed E-state index contributed by atoms with van der Waals surface area (Å²) in [5.41, 5.74) is -0.881. The molecule has 0 bridgehead atoms. The van der Waals surface area contributed by atoms with Crippen LogP contribution in [0.2, 0.25) is 0 Å². The highest BCUT2D eigenvalue weighted by Crippen LogP contribution is 2.29. The van der Waals surface area contributed by atoms with Gasteiger partial charge in [-0.2, -0.15) is 0 Å². The summed E-state index contributed by atoms with van der Waals surface area (Å²) in [6, 6.07) is 6.69. The lowest BCUT2D eigenvalue weighted by molar-refractivity contribution is -0.141. The summed E-state index contributed by atoms with van der Waals surface area (Å²) >= 11 is 0. The molecule has 1 heterocycles. The minimum Gasteiger partial charge on any atom is -0.497 e. The van der Waals surface area contributed by atoms with E-state index in [0.29, 0.717) is 11.4 Å². The molecule has 0 amide bonds. The smallest absolute Gasteiger partial charge is 0.330 e. The molecule has 0 radical (unpaired) electrons. The minimum atomic E-state index is -3.30. The van der Waals surface area contributed by atoms with Crippen LogP contribution in [0, 0.1) is 0 Å². The van der Waals surface area contributed by atoms with Crippen molar-refractivity contribution in [3.8, 4) is 5.75 Å². The van der Waals surface area contributed by atoms with Crippen molar-refractivity contribution in [3.63, 3.8) is 0 Å². The van der Waals surface area contributed by atoms with Gasteiger partial charge in [-0.3, -0.25) is 0 Å². The quantitative estimate of drug-likeness (QED) is 0.848. The van der Waals surface area contributed by atoms with Crippen molar-refractivity contribution in [2.45, 2.75) is 12.0 Å². The Morgan fingerprint density at radius 2 is 2.00 bits per heavy atom. The molecule has 1 aliphatic rings. The topological polar surface area (TPSA) is 92.7 Å². The van der Waals surface area contributed by atoms with Gasteiger partial charge in [-0.05, 0) is 30.7 Å². The van der Waals surface area contributed by atoms with Crippen LogP contribution in [0.15, 0.2) is 24.3 Å². The van der Waals surface area contributed by atoms with E-state index in [4.69, 9.17) is 4.74 Å². The molecule has 0 aromatic heterocycles. The van der Waals surface area contributed by atoms with E-state index in [1.165, 1.54) is 7.11 Å². The number of sulfone groups is 1. The summed E-state index contributed by atoms with van der Waals surface area (Å²) in [5.74, 6) is -0.998. The third-order valence-corrected chi connectivity index (χ3v) is 4.95. The number of carbonyl (C=O) groups is 1. The second kappa shape index (κ2) is 4.73. The number of carboxylic acid groups (broad SMARTS) is 1. The van der Waals surface area contributed by atoms with Crippen LogP contribution in [0.3, 0.4) is 0 Å². The molecule has 0 aliphatic carbocycles. The zero-order valence-corrected chi connectivity index (χ0v) is 11.2. The SMILES string of the molecule is COc1ccc(NC2(C(=O)O)CCS(=O)(=O)C2)cc1. The van der Waals surface area contributed by atoms with Crippen LogP contribution in [0.25, 0.3) is 0 Å². The Morgan fingerprint density at radius 3 is 2.42 bits per heavy atom. The van der Waals surface area contributed by atoms with E-state index in [0.717, 1.165) is 0 Å². The van der Waals surface area contributed by atoms with Crippen LogP contribution in [0.5, 0.6) is 5.75 Å². The molecule has 104 valence electrons. The minimum absolute atomic E-state index is 0.0662. The number of rotatable bonds is 4. The predicted molar refractivity (Wildman–Crippen MR) is 70.3 cm³/mol. The fourth-order valence-electron chi connectivity index (χ4n) is 2.12. The average molecular weight is 285 g/mol. The molecule has 1 aromatic carbocycles. The molecule has 2 rings (SSSR count). The fraction of sp³-hybridized carbons (Fsp3) is 0.417. The van der Waals surface area contributed by atoms with Crippen molar-refractivity contribution in [1.29, 1.82) is 0 Å². The number of anilines is 1. The molecule has 1 saturated heterocycles. The summed E-state index contributed by atoms with van der Waals surface area (Å²) in [7, 11) is -1.77. The Hall–Kier alpha value is -1.76. The first-order chi connectivity index (χ1) is 8.87. The Balaban J connectivity index is 2.24.